The molecule has 0 heterocycles. The first-order chi connectivity index (χ1) is 8.97. The highest BCUT2D eigenvalue weighted by atomic mass is 32.2. The SMILES string of the molecule is CS(=O)(=O)CCOC(=O)NCC=CC1CC=CCC1. The number of allylic oxidation sites excluding steroid dienone is 3. The van der Waals surface area contributed by atoms with Gasteiger partial charge in [-0.2, -0.15) is 0 Å². The van der Waals surface area contributed by atoms with Crippen LogP contribution in [-0.2, 0) is 14.6 Å². The molecule has 1 atom stereocenters. The monoisotopic (exact) mass is 287 g/mol. The van der Waals surface area contributed by atoms with Gasteiger partial charge in [-0.3, -0.25) is 0 Å². The summed E-state index contributed by atoms with van der Waals surface area (Å²) in [6.07, 6.45) is 12.2. The maximum absolute atomic E-state index is 11.2. The molecule has 1 rings (SSSR count). The third kappa shape index (κ3) is 8.42. The van der Waals surface area contributed by atoms with Gasteiger partial charge in [0.2, 0.25) is 0 Å². The number of rotatable bonds is 6. The van der Waals surface area contributed by atoms with Crippen molar-refractivity contribution < 1.29 is 17.9 Å². The molecular formula is C13H21NO4S. The summed E-state index contributed by atoms with van der Waals surface area (Å²) in [5, 5.41) is 2.55. The van der Waals surface area contributed by atoms with Crippen molar-refractivity contribution >= 4 is 15.9 Å². The lowest BCUT2D eigenvalue weighted by Gasteiger charge is -2.12. The molecule has 0 fully saturated rings. The van der Waals surface area contributed by atoms with Gasteiger partial charge in [-0.25, -0.2) is 13.2 Å². The number of hydrogen-bond donors (Lipinski definition) is 1. The standard InChI is InChI=1S/C13H21NO4S/c1-19(16,17)11-10-18-13(15)14-9-5-8-12-6-3-2-4-7-12/h2-3,5,8,12H,4,6-7,9-11H2,1H3,(H,14,15). The van der Waals surface area contributed by atoms with Gasteiger partial charge < -0.3 is 10.1 Å². The Balaban J connectivity index is 2.09. The first-order valence-corrected chi connectivity index (χ1v) is 8.43. The molecule has 1 N–H and O–H groups in total. The molecule has 6 heteroatoms. The average Bonchev–Trinajstić information content (AvgIpc) is 2.34. The summed E-state index contributed by atoms with van der Waals surface area (Å²) in [5.74, 6) is 0.401. The largest absolute Gasteiger partial charge is 0.448 e. The third-order valence-electron chi connectivity index (χ3n) is 2.77. The minimum absolute atomic E-state index is 0.109. The molecular weight excluding hydrogens is 266 g/mol. The molecule has 1 amide bonds. The van der Waals surface area contributed by atoms with Gasteiger partial charge >= 0.3 is 6.09 Å². The van der Waals surface area contributed by atoms with Crippen molar-refractivity contribution in [3.05, 3.63) is 24.3 Å². The molecule has 0 aromatic carbocycles. The van der Waals surface area contributed by atoms with E-state index in [-0.39, 0.29) is 12.4 Å². The van der Waals surface area contributed by atoms with Gasteiger partial charge in [0.1, 0.15) is 6.61 Å². The van der Waals surface area contributed by atoms with Gasteiger partial charge in [0, 0.05) is 12.8 Å². The van der Waals surface area contributed by atoms with Crippen LogP contribution in [0.15, 0.2) is 24.3 Å². The van der Waals surface area contributed by atoms with E-state index in [9.17, 15) is 13.2 Å². The zero-order valence-corrected chi connectivity index (χ0v) is 12.0. The quantitative estimate of drug-likeness (QED) is 0.754. The van der Waals surface area contributed by atoms with Crippen molar-refractivity contribution in [2.24, 2.45) is 5.92 Å². The second kappa shape index (κ2) is 7.99. The minimum Gasteiger partial charge on any atom is -0.448 e. The van der Waals surface area contributed by atoms with Crippen molar-refractivity contribution in [2.45, 2.75) is 19.3 Å². The summed E-state index contributed by atoms with van der Waals surface area (Å²) < 4.78 is 26.4. The second-order valence-corrected chi connectivity index (χ2v) is 6.88. The fraction of sp³-hybridized carbons (Fsp3) is 0.615. The van der Waals surface area contributed by atoms with Crippen LogP contribution >= 0.6 is 0 Å². The third-order valence-corrected chi connectivity index (χ3v) is 3.68. The Hall–Kier alpha value is -1.30. The zero-order valence-electron chi connectivity index (χ0n) is 11.2. The number of nitrogens with one attached hydrogen (secondary N) is 1. The second-order valence-electron chi connectivity index (χ2n) is 4.62. The highest BCUT2D eigenvalue weighted by molar-refractivity contribution is 7.90. The van der Waals surface area contributed by atoms with Gasteiger partial charge in [-0.15, -0.1) is 0 Å². The van der Waals surface area contributed by atoms with E-state index in [1.165, 1.54) is 0 Å². The molecule has 5 nitrogen and oxygen atoms in total. The van der Waals surface area contributed by atoms with Crippen LogP contribution in [-0.4, -0.2) is 39.7 Å². The van der Waals surface area contributed by atoms with Gasteiger partial charge in [-0.1, -0.05) is 24.3 Å². The van der Waals surface area contributed by atoms with Gasteiger partial charge in [0.05, 0.1) is 5.75 Å². The lowest BCUT2D eigenvalue weighted by atomic mass is 9.94. The number of alkyl carbamates (subject to hydrolysis) is 1. The van der Waals surface area contributed by atoms with Crippen molar-refractivity contribution in [1.29, 1.82) is 0 Å². The van der Waals surface area contributed by atoms with Crippen molar-refractivity contribution in [3.8, 4) is 0 Å². The maximum Gasteiger partial charge on any atom is 0.407 e. The fourth-order valence-corrected chi connectivity index (χ4v) is 2.12. The molecule has 0 aromatic heterocycles. The van der Waals surface area contributed by atoms with E-state index in [2.05, 4.69) is 23.5 Å². The minimum atomic E-state index is -3.08. The summed E-state index contributed by atoms with van der Waals surface area (Å²) in [5.41, 5.74) is 0. The van der Waals surface area contributed by atoms with Crippen LogP contribution in [0.2, 0.25) is 0 Å². The van der Waals surface area contributed by atoms with Gasteiger partial charge in [0.15, 0.2) is 9.84 Å². The van der Waals surface area contributed by atoms with Gasteiger partial charge in [0.25, 0.3) is 0 Å². The van der Waals surface area contributed by atoms with E-state index in [0.717, 1.165) is 25.5 Å². The van der Waals surface area contributed by atoms with E-state index in [0.29, 0.717) is 12.5 Å². The Morgan fingerprint density at radius 2 is 2.26 bits per heavy atom. The van der Waals surface area contributed by atoms with Gasteiger partial charge in [-0.05, 0) is 25.2 Å². The topological polar surface area (TPSA) is 72.5 Å². The van der Waals surface area contributed by atoms with Crippen LogP contribution in [0.4, 0.5) is 4.79 Å². The molecule has 0 saturated heterocycles. The molecule has 0 spiro atoms. The average molecular weight is 287 g/mol. The summed E-state index contributed by atoms with van der Waals surface area (Å²) in [6.45, 7) is 0.291. The van der Waals surface area contributed by atoms with Crippen molar-refractivity contribution in [2.75, 3.05) is 25.2 Å². The molecule has 1 unspecified atom stereocenters. The van der Waals surface area contributed by atoms with Crippen LogP contribution in [0.5, 0.6) is 0 Å². The number of amides is 1. The smallest absolute Gasteiger partial charge is 0.407 e. The molecule has 19 heavy (non-hydrogen) atoms. The Morgan fingerprint density at radius 3 is 2.89 bits per heavy atom. The predicted molar refractivity (Wildman–Crippen MR) is 74.7 cm³/mol. The maximum atomic E-state index is 11.2. The summed E-state index contributed by atoms with van der Waals surface area (Å²) in [4.78, 5) is 11.2. The van der Waals surface area contributed by atoms with Crippen molar-refractivity contribution in [3.63, 3.8) is 0 Å². The lowest BCUT2D eigenvalue weighted by molar-refractivity contribution is 0.154. The Kier molecular flexibility index (Phi) is 6.62. The van der Waals surface area contributed by atoms with E-state index in [1.807, 2.05) is 6.08 Å². The van der Waals surface area contributed by atoms with E-state index in [4.69, 9.17) is 4.74 Å². The molecule has 0 aromatic rings. The Bertz CT molecular complexity index is 440. The van der Waals surface area contributed by atoms with Crippen LogP contribution in [0.25, 0.3) is 0 Å². The molecule has 108 valence electrons. The molecule has 0 saturated carbocycles. The summed E-state index contributed by atoms with van der Waals surface area (Å²) in [6, 6.07) is 0. The fourth-order valence-electron chi connectivity index (χ4n) is 1.73. The number of sulfone groups is 1. The molecule has 1 aliphatic rings. The van der Waals surface area contributed by atoms with E-state index >= 15 is 0 Å². The van der Waals surface area contributed by atoms with E-state index in [1.54, 1.807) is 0 Å². The van der Waals surface area contributed by atoms with Crippen molar-refractivity contribution in [1.82, 2.24) is 5.32 Å². The molecule has 0 bridgehead atoms. The zero-order chi connectivity index (χ0) is 14.1. The van der Waals surface area contributed by atoms with Crippen LogP contribution < -0.4 is 5.32 Å². The first kappa shape index (κ1) is 15.8. The first-order valence-electron chi connectivity index (χ1n) is 6.37. The molecule has 1 aliphatic carbocycles. The lowest BCUT2D eigenvalue weighted by Crippen LogP contribution is -2.26. The van der Waals surface area contributed by atoms with Crippen LogP contribution in [0.3, 0.4) is 0 Å². The Labute approximate surface area is 114 Å². The molecule has 0 aliphatic heterocycles. The molecule has 0 radical (unpaired) electrons. The summed E-state index contributed by atoms with van der Waals surface area (Å²) >= 11 is 0. The number of carbonyl (C=O) groups excluding carboxylic acids is 1. The normalized spacial score (nSPS) is 19.5. The highest BCUT2D eigenvalue weighted by Gasteiger charge is 2.06. The van der Waals surface area contributed by atoms with Crippen LogP contribution in [0.1, 0.15) is 19.3 Å². The van der Waals surface area contributed by atoms with Crippen LogP contribution in [0, 0.1) is 5.92 Å². The Morgan fingerprint density at radius 1 is 1.47 bits per heavy atom. The van der Waals surface area contributed by atoms with E-state index < -0.39 is 15.9 Å². The number of hydrogen-bond acceptors (Lipinski definition) is 4. The number of ether oxygens (including phenoxy) is 1. The summed E-state index contributed by atoms with van der Waals surface area (Å²) in [7, 11) is -3.08. The number of carbonyl (C=O) groups is 1. The predicted octanol–water partition coefficient (Wildman–Crippen LogP) is 1.67. The highest BCUT2D eigenvalue weighted by Crippen LogP contribution is 2.18.